The van der Waals surface area contributed by atoms with Crippen LogP contribution < -0.4 is 4.74 Å². The SMILES string of the molecule is Cc1ccc(C)c(OCc2nnc(SCC(=O)c3ccc(Br)cc3)n2C)c1. The number of halogens is 1. The molecule has 0 aliphatic heterocycles. The Bertz CT molecular complexity index is 954. The number of rotatable bonds is 7. The summed E-state index contributed by atoms with van der Waals surface area (Å²) in [6.07, 6.45) is 0. The molecule has 0 bridgehead atoms. The van der Waals surface area contributed by atoms with Crippen molar-refractivity contribution in [1.82, 2.24) is 14.8 Å². The Balaban J connectivity index is 1.60. The second kappa shape index (κ2) is 8.71. The number of hydrogen-bond donors (Lipinski definition) is 0. The fourth-order valence-electron chi connectivity index (χ4n) is 2.45. The van der Waals surface area contributed by atoms with E-state index in [1.165, 1.54) is 11.8 Å². The van der Waals surface area contributed by atoms with Crippen LogP contribution in [0.3, 0.4) is 0 Å². The number of carbonyl (C=O) groups is 1. The molecule has 0 aliphatic rings. The number of Topliss-reactive ketones (excluding diaryl/α,β-unsaturated/α-hetero) is 1. The third-order valence-corrected chi connectivity index (χ3v) is 5.67. The Morgan fingerprint density at radius 3 is 2.63 bits per heavy atom. The maximum Gasteiger partial charge on any atom is 0.191 e. The highest BCUT2D eigenvalue weighted by molar-refractivity contribution is 9.10. The van der Waals surface area contributed by atoms with E-state index in [9.17, 15) is 4.79 Å². The van der Waals surface area contributed by atoms with E-state index in [0.29, 0.717) is 23.1 Å². The number of ketones is 1. The molecule has 27 heavy (non-hydrogen) atoms. The summed E-state index contributed by atoms with van der Waals surface area (Å²) in [5.74, 6) is 1.93. The van der Waals surface area contributed by atoms with Gasteiger partial charge in [0.25, 0.3) is 0 Å². The van der Waals surface area contributed by atoms with E-state index in [1.54, 1.807) is 0 Å². The molecule has 0 N–H and O–H groups in total. The van der Waals surface area contributed by atoms with Crippen LogP contribution in [0.5, 0.6) is 5.75 Å². The molecule has 0 spiro atoms. The highest BCUT2D eigenvalue weighted by atomic mass is 79.9. The number of ether oxygens (including phenoxy) is 1. The molecular weight excluding hydrogens is 426 g/mol. The predicted molar refractivity (Wildman–Crippen MR) is 110 cm³/mol. The third-order valence-electron chi connectivity index (χ3n) is 4.12. The average molecular weight is 446 g/mol. The van der Waals surface area contributed by atoms with Crippen molar-refractivity contribution in [3.05, 3.63) is 69.5 Å². The van der Waals surface area contributed by atoms with Gasteiger partial charge in [-0.3, -0.25) is 4.79 Å². The first-order chi connectivity index (χ1) is 12.9. The number of nitrogens with zero attached hydrogens (tertiary/aromatic N) is 3. The van der Waals surface area contributed by atoms with Gasteiger partial charge < -0.3 is 9.30 Å². The van der Waals surface area contributed by atoms with Gasteiger partial charge in [0, 0.05) is 17.1 Å². The normalized spacial score (nSPS) is 10.8. The summed E-state index contributed by atoms with van der Waals surface area (Å²) in [5, 5.41) is 9.07. The molecule has 0 radical (unpaired) electrons. The largest absolute Gasteiger partial charge is 0.485 e. The van der Waals surface area contributed by atoms with Crippen LogP contribution in [0.4, 0.5) is 0 Å². The van der Waals surface area contributed by atoms with Crippen molar-refractivity contribution in [3.8, 4) is 5.75 Å². The van der Waals surface area contributed by atoms with Crippen LogP contribution >= 0.6 is 27.7 Å². The molecule has 0 fully saturated rings. The van der Waals surface area contributed by atoms with Crippen LogP contribution in [-0.2, 0) is 13.7 Å². The quantitative estimate of drug-likeness (QED) is 0.387. The van der Waals surface area contributed by atoms with E-state index in [1.807, 2.05) is 61.9 Å². The lowest BCUT2D eigenvalue weighted by molar-refractivity contribution is 0.102. The average Bonchev–Trinajstić information content (AvgIpc) is 3.01. The summed E-state index contributed by atoms with van der Waals surface area (Å²) in [4.78, 5) is 12.3. The minimum Gasteiger partial charge on any atom is -0.485 e. The number of hydrogen-bond acceptors (Lipinski definition) is 5. The van der Waals surface area contributed by atoms with Crippen molar-refractivity contribution in [2.24, 2.45) is 7.05 Å². The number of thioether (sulfide) groups is 1. The summed E-state index contributed by atoms with van der Waals surface area (Å²) in [7, 11) is 1.88. The molecule has 0 amide bonds. The zero-order valence-electron chi connectivity index (χ0n) is 15.4. The first-order valence-electron chi connectivity index (χ1n) is 8.44. The summed E-state index contributed by atoms with van der Waals surface area (Å²) >= 11 is 4.75. The lowest BCUT2D eigenvalue weighted by Gasteiger charge is -2.09. The van der Waals surface area contributed by atoms with Gasteiger partial charge in [0.2, 0.25) is 0 Å². The molecule has 0 aliphatic carbocycles. The van der Waals surface area contributed by atoms with Crippen molar-refractivity contribution in [2.45, 2.75) is 25.6 Å². The standard InChI is InChI=1S/C20H20BrN3O2S/c1-13-4-5-14(2)18(10-13)26-11-19-22-23-20(24(19)3)27-12-17(25)15-6-8-16(21)9-7-15/h4-10H,11-12H2,1-3H3. The van der Waals surface area contributed by atoms with Gasteiger partial charge in [-0.25, -0.2) is 0 Å². The molecule has 2 aromatic carbocycles. The van der Waals surface area contributed by atoms with Gasteiger partial charge in [-0.2, -0.15) is 0 Å². The van der Waals surface area contributed by atoms with Crippen molar-refractivity contribution in [3.63, 3.8) is 0 Å². The molecule has 3 aromatic rings. The fraction of sp³-hybridized carbons (Fsp3) is 0.250. The summed E-state index contributed by atoms with van der Waals surface area (Å²) in [5.41, 5.74) is 2.92. The van der Waals surface area contributed by atoms with Gasteiger partial charge in [-0.1, -0.05) is 52.0 Å². The van der Waals surface area contributed by atoms with Gasteiger partial charge in [0.1, 0.15) is 12.4 Å². The number of benzene rings is 2. The van der Waals surface area contributed by atoms with Gasteiger partial charge in [-0.15, -0.1) is 10.2 Å². The Morgan fingerprint density at radius 2 is 1.89 bits per heavy atom. The monoisotopic (exact) mass is 445 g/mol. The summed E-state index contributed by atoms with van der Waals surface area (Å²) in [6.45, 7) is 4.38. The number of aryl methyl sites for hydroxylation is 2. The Kier molecular flexibility index (Phi) is 6.34. The van der Waals surface area contributed by atoms with Crippen LogP contribution in [0.25, 0.3) is 0 Å². The Hall–Kier alpha value is -2.12. The topological polar surface area (TPSA) is 57.0 Å². The predicted octanol–water partition coefficient (Wildman–Crippen LogP) is 4.75. The van der Waals surface area contributed by atoms with E-state index in [0.717, 1.165) is 27.2 Å². The summed E-state index contributed by atoms with van der Waals surface area (Å²) < 4.78 is 8.72. The lowest BCUT2D eigenvalue weighted by Crippen LogP contribution is -2.06. The highest BCUT2D eigenvalue weighted by Crippen LogP contribution is 2.22. The Morgan fingerprint density at radius 1 is 1.15 bits per heavy atom. The molecule has 7 heteroatoms. The van der Waals surface area contributed by atoms with E-state index in [4.69, 9.17) is 4.74 Å². The minimum absolute atomic E-state index is 0.0590. The summed E-state index contributed by atoms with van der Waals surface area (Å²) in [6, 6.07) is 13.5. The van der Waals surface area contributed by atoms with E-state index in [-0.39, 0.29) is 5.78 Å². The fourth-order valence-corrected chi connectivity index (χ4v) is 3.54. The van der Waals surface area contributed by atoms with E-state index in [2.05, 4.69) is 32.2 Å². The molecule has 3 rings (SSSR count). The van der Waals surface area contributed by atoms with Crippen molar-refractivity contribution in [1.29, 1.82) is 0 Å². The molecule has 0 saturated heterocycles. The van der Waals surface area contributed by atoms with Gasteiger partial charge in [0.05, 0.1) is 5.75 Å². The lowest BCUT2D eigenvalue weighted by atomic mass is 10.1. The van der Waals surface area contributed by atoms with Crippen LogP contribution in [-0.4, -0.2) is 26.3 Å². The molecule has 1 aromatic heterocycles. The van der Waals surface area contributed by atoms with Gasteiger partial charge in [-0.05, 0) is 43.2 Å². The van der Waals surface area contributed by atoms with Crippen LogP contribution in [0.1, 0.15) is 27.3 Å². The van der Waals surface area contributed by atoms with Crippen LogP contribution in [0.2, 0.25) is 0 Å². The first-order valence-corrected chi connectivity index (χ1v) is 10.2. The molecule has 0 atom stereocenters. The Labute approximate surface area is 171 Å². The van der Waals surface area contributed by atoms with E-state index < -0.39 is 0 Å². The van der Waals surface area contributed by atoms with Crippen LogP contribution in [0, 0.1) is 13.8 Å². The zero-order chi connectivity index (χ0) is 19.4. The molecule has 0 unspecified atom stereocenters. The van der Waals surface area contributed by atoms with Crippen molar-refractivity contribution < 1.29 is 9.53 Å². The zero-order valence-corrected chi connectivity index (χ0v) is 17.8. The highest BCUT2D eigenvalue weighted by Gasteiger charge is 2.13. The van der Waals surface area contributed by atoms with Crippen LogP contribution in [0.15, 0.2) is 52.1 Å². The maximum absolute atomic E-state index is 12.3. The molecule has 1 heterocycles. The molecule has 0 saturated carbocycles. The molecular formula is C20H20BrN3O2S. The second-order valence-electron chi connectivity index (χ2n) is 6.23. The molecule has 140 valence electrons. The van der Waals surface area contributed by atoms with Gasteiger partial charge in [0.15, 0.2) is 16.8 Å². The smallest absolute Gasteiger partial charge is 0.191 e. The maximum atomic E-state index is 12.3. The minimum atomic E-state index is 0.0590. The molecule has 5 nitrogen and oxygen atoms in total. The van der Waals surface area contributed by atoms with Gasteiger partial charge >= 0.3 is 0 Å². The number of carbonyl (C=O) groups excluding carboxylic acids is 1. The van der Waals surface area contributed by atoms with Crippen molar-refractivity contribution in [2.75, 3.05) is 5.75 Å². The second-order valence-corrected chi connectivity index (χ2v) is 8.09. The van der Waals surface area contributed by atoms with E-state index >= 15 is 0 Å². The van der Waals surface area contributed by atoms with Crippen molar-refractivity contribution >= 4 is 33.5 Å². The third kappa shape index (κ3) is 4.99. The first kappa shape index (κ1) is 19.6. The number of aromatic nitrogens is 3.